The van der Waals surface area contributed by atoms with E-state index >= 15 is 0 Å². The van der Waals surface area contributed by atoms with Crippen LogP contribution in [0.15, 0.2) is 35.5 Å². The zero-order valence-corrected chi connectivity index (χ0v) is 18.7. The molecule has 1 amide bonds. The Labute approximate surface area is 183 Å². The van der Waals surface area contributed by atoms with Crippen LogP contribution in [0.2, 0.25) is 0 Å². The zero-order valence-electron chi connectivity index (χ0n) is 17.9. The minimum atomic E-state index is -3.72. The van der Waals surface area contributed by atoms with Gasteiger partial charge in [-0.3, -0.25) is 9.78 Å². The molecule has 2 aromatic rings. The molecule has 0 N–H and O–H groups in total. The van der Waals surface area contributed by atoms with Gasteiger partial charge in [0.05, 0.1) is 11.9 Å². The summed E-state index contributed by atoms with van der Waals surface area (Å²) in [4.78, 5) is 27.3. The first-order chi connectivity index (χ1) is 14.9. The summed E-state index contributed by atoms with van der Waals surface area (Å²) >= 11 is 0. The van der Waals surface area contributed by atoms with Gasteiger partial charge in [-0.1, -0.05) is 31.7 Å². The van der Waals surface area contributed by atoms with Crippen LogP contribution in [0, 0.1) is 12.8 Å². The second kappa shape index (κ2) is 9.40. The van der Waals surface area contributed by atoms with Crippen LogP contribution in [0.1, 0.15) is 44.2 Å². The third kappa shape index (κ3) is 4.93. The molecule has 1 aliphatic heterocycles. The molecule has 3 heterocycles. The van der Waals surface area contributed by atoms with Gasteiger partial charge in [0.15, 0.2) is 5.82 Å². The Morgan fingerprint density at radius 2 is 1.84 bits per heavy atom. The molecule has 0 spiro atoms. The largest absolute Gasteiger partial charge is 0.340 e. The van der Waals surface area contributed by atoms with E-state index in [1.807, 2.05) is 6.07 Å². The molecule has 2 fully saturated rings. The van der Waals surface area contributed by atoms with Crippen molar-refractivity contribution in [2.24, 2.45) is 5.92 Å². The summed E-state index contributed by atoms with van der Waals surface area (Å²) in [5.74, 6) is 1.22. The highest BCUT2D eigenvalue weighted by atomic mass is 32.2. The predicted octanol–water partition coefficient (Wildman–Crippen LogP) is 2.65. The van der Waals surface area contributed by atoms with Gasteiger partial charge >= 0.3 is 0 Å². The van der Waals surface area contributed by atoms with Crippen LogP contribution in [0.5, 0.6) is 0 Å². The average Bonchev–Trinajstić information content (AvgIpc) is 3.31. The van der Waals surface area contributed by atoms with Gasteiger partial charge in [-0.05, 0) is 31.4 Å². The van der Waals surface area contributed by atoms with E-state index in [4.69, 9.17) is 0 Å². The highest BCUT2D eigenvalue weighted by Gasteiger charge is 2.32. The third-order valence-electron chi connectivity index (χ3n) is 6.28. The molecule has 166 valence electrons. The van der Waals surface area contributed by atoms with Crippen molar-refractivity contribution in [2.45, 2.75) is 50.3 Å². The molecule has 0 aromatic carbocycles. The maximum atomic E-state index is 13.2. The van der Waals surface area contributed by atoms with Crippen LogP contribution in [0.25, 0.3) is 11.5 Å². The molecule has 4 rings (SSSR count). The monoisotopic (exact) mass is 443 g/mol. The standard InChI is InChI=1S/C22H29N5O3S/c1-17-20(16-24-22(25-17)19-8-4-5-11-23-19)31(29,30)27-14-12-26(13-15-27)21(28)10-9-18-6-2-3-7-18/h4-5,8,11,16,18H,2-3,6-7,9-10,12-15H2,1H3. The van der Waals surface area contributed by atoms with E-state index in [0.717, 1.165) is 6.42 Å². The summed E-state index contributed by atoms with van der Waals surface area (Å²) in [5.41, 5.74) is 0.991. The number of hydrogen-bond acceptors (Lipinski definition) is 6. The summed E-state index contributed by atoms with van der Waals surface area (Å²) in [7, 11) is -3.72. The Bertz CT molecular complexity index is 1010. The highest BCUT2D eigenvalue weighted by molar-refractivity contribution is 7.89. The fourth-order valence-corrected chi connectivity index (χ4v) is 5.96. The number of sulfonamides is 1. The molecular formula is C22H29N5O3S. The van der Waals surface area contributed by atoms with Gasteiger partial charge < -0.3 is 4.90 Å². The Morgan fingerprint density at radius 1 is 1.10 bits per heavy atom. The van der Waals surface area contributed by atoms with Crippen molar-refractivity contribution in [1.82, 2.24) is 24.2 Å². The lowest BCUT2D eigenvalue weighted by atomic mass is 10.0. The number of carbonyl (C=O) groups is 1. The Kier molecular flexibility index (Phi) is 6.62. The van der Waals surface area contributed by atoms with Crippen molar-refractivity contribution in [1.29, 1.82) is 0 Å². The van der Waals surface area contributed by atoms with Crippen LogP contribution in [-0.4, -0.2) is 64.7 Å². The Morgan fingerprint density at radius 3 is 2.48 bits per heavy atom. The molecule has 0 atom stereocenters. The lowest BCUT2D eigenvalue weighted by Crippen LogP contribution is -2.50. The van der Waals surface area contributed by atoms with E-state index in [9.17, 15) is 13.2 Å². The molecule has 2 aliphatic rings. The van der Waals surface area contributed by atoms with Crippen LogP contribution in [0.3, 0.4) is 0 Å². The fraction of sp³-hybridized carbons (Fsp3) is 0.545. The Balaban J connectivity index is 1.38. The molecule has 9 heteroatoms. The molecular weight excluding hydrogens is 414 g/mol. The number of nitrogens with zero attached hydrogens (tertiary/aromatic N) is 5. The van der Waals surface area contributed by atoms with E-state index in [1.54, 1.807) is 30.2 Å². The summed E-state index contributed by atoms with van der Waals surface area (Å²) in [6.45, 7) is 3.10. The van der Waals surface area contributed by atoms with Gasteiger partial charge in [0.2, 0.25) is 15.9 Å². The second-order valence-corrected chi connectivity index (χ2v) is 10.2. The quantitative estimate of drug-likeness (QED) is 0.681. The number of carbonyl (C=O) groups excluding carboxylic acids is 1. The Hall–Kier alpha value is -2.39. The van der Waals surface area contributed by atoms with E-state index in [0.29, 0.717) is 55.7 Å². The maximum Gasteiger partial charge on any atom is 0.246 e. The van der Waals surface area contributed by atoms with Crippen molar-refractivity contribution in [3.8, 4) is 11.5 Å². The van der Waals surface area contributed by atoms with Gasteiger partial charge in [-0.2, -0.15) is 4.31 Å². The minimum Gasteiger partial charge on any atom is -0.340 e. The van der Waals surface area contributed by atoms with Crippen LogP contribution < -0.4 is 0 Å². The molecule has 8 nitrogen and oxygen atoms in total. The number of amides is 1. The van der Waals surface area contributed by atoms with Gasteiger partial charge in [-0.25, -0.2) is 18.4 Å². The first kappa shape index (κ1) is 21.8. The van der Waals surface area contributed by atoms with Crippen molar-refractivity contribution in [2.75, 3.05) is 26.2 Å². The average molecular weight is 444 g/mol. The van der Waals surface area contributed by atoms with Gasteiger partial charge in [0, 0.05) is 38.8 Å². The SMILES string of the molecule is Cc1nc(-c2ccccn2)ncc1S(=O)(=O)N1CCN(C(=O)CCC2CCCC2)CC1. The van der Waals surface area contributed by atoms with Crippen molar-refractivity contribution in [3.05, 3.63) is 36.3 Å². The van der Waals surface area contributed by atoms with Gasteiger partial charge in [0.25, 0.3) is 0 Å². The van der Waals surface area contributed by atoms with E-state index in [-0.39, 0.29) is 10.8 Å². The lowest BCUT2D eigenvalue weighted by Gasteiger charge is -2.34. The molecule has 1 saturated heterocycles. The summed E-state index contributed by atoms with van der Waals surface area (Å²) < 4.78 is 27.7. The first-order valence-electron chi connectivity index (χ1n) is 11.0. The van der Waals surface area contributed by atoms with Crippen molar-refractivity contribution in [3.63, 3.8) is 0 Å². The fourth-order valence-electron chi connectivity index (χ4n) is 4.43. The summed E-state index contributed by atoms with van der Waals surface area (Å²) in [6.07, 6.45) is 9.56. The van der Waals surface area contributed by atoms with Crippen LogP contribution in [-0.2, 0) is 14.8 Å². The number of pyridine rings is 1. The maximum absolute atomic E-state index is 13.2. The van der Waals surface area contributed by atoms with E-state index < -0.39 is 10.0 Å². The van der Waals surface area contributed by atoms with E-state index in [2.05, 4.69) is 15.0 Å². The van der Waals surface area contributed by atoms with Gasteiger partial charge in [-0.15, -0.1) is 0 Å². The normalized spacial score (nSPS) is 18.4. The van der Waals surface area contributed by atoms with Crippen LogP contribution in [0.4, 0.5) is 0 Å². The van der Waals surface area contributed by atoms with Crippen LogP contribution >= 0.6 is 0 Å². The number of aryl methyl sites for hydroxylation is 1. The molecule has 2 aromatic heterocycles. The zero-order chi connectivity index (χ0) is 21.8. The molecule has 1 aliphatic carbocycles. The first-order valence-corrected chi connectivity index (χ1v) is 12.4. The number of rotatable bonds is 6. The number of piperazine rings is 1. The van der Waals surface area contributed by atoms with E-state index in [1.165, 1.54) is 36.2 Å². The molecule has 0 radical (unpaired) electrons. The smallest absolute Gasteiger partial charge is 0.246 e. The molecule has 0 bridgehead atoms. The topological polar surface area (TPSA) is 96.4 Å². The predicted molar refractivity (Wildman–Crippen MR) is 117 cm³/mol. The summed E-state index contributed by atoms with van der Waals surface area (Å²) in [5, 5.41) is 0. The summed E-state index contributed by atoms with van der Waals surface area (Å²) in [6, 6.07) is 5.42. The molecule has 31 heavy (non-hydrogen) atoms. The lowest BCUT2D eigenvalue weighted by molar-refractivity contribution is -0.132. The molecule has 0 unspecified atom stereocenters. The second-order valence-electron chi connectivity index (χ2n) is 8.33. The third-order valence-corrected chi connectivity index (χ3v) is 8.28. The van der Waals surface area contributed by atoms with Crippen molar-refractivity contribution >= 4 is 15.9 Å². The van der Waals surface area contributed by atoms with Crippen molar-refractivity contribution < 1.29 is 13.2 Å². The molecule has 1 saturated carbocycles. The highest BCUT2D eigenvalue weighted by Crippen LogP contribution is 2.29. The number of aromatic nitrogens is 3. The van der Waals surface area contributed by atoms with Gasteiger partial charge in [0.1, 0.15) is 10.6 Å². The minimum absolute atomic E-state index is 0.105. The number of hydrogen-bond donors (Lipinski definition) is 0.